The number of hydrogen-bond acceptors (Lipinski definition) is 7. The molecule has 0 atom stereocenters. The highest BCUT2D eigenvalue weighted by atomic mass is 32.2. The van der Waals surface area contributed by atoms with Crippen LogP contribution in [0.3, 0.4) is 0 Å². The Bertz CT molecular complexity index is 1150. The zero-order valence-electron chi connectivity index (χ0n) is 19.7. The quantitative estimate of drug-likeness (QED) is 0.552. The number of Topliss-reactive ketones (excluding diaryl/α,β-unsaturated/α-hetero) is 2. The number of H-pyrrole nitrogens is 1. The van der Waals surface area contributed by atoms with Crippen LogP contribution in [0.2, 0.25) is 0 Å². The number of benzene rings is 1. The zero-order valence-corrected chi connectivity index (χ0v) is 20.5. The highest BCUT2D eigenvalue weighted by Gasteiger charge is 2.31. The molecule has 1 aromatic carbocycles. The number of aromatic nitrogens is 1. The standard InChI is InChI=1S/C23H31N3O6S/c1-6-18-22(16(3)27)15(2)24-23(18)19(28)14-25-9-11-26(12-10-25)33(29,30)17-7-8-20(31-4)21(13-17)32-5/h7-8,13,24H,6,9-12,14H2,1-5H3. The Balaban J connectivity index is 1.69. The van der Waals surface area contributed by atoms with E-state index in [1.165, 1.54) is 37.6 Å². The van der Waals surface area contributed by atoms with Crippen molar-refractivity contribution >= 4 is 21.6 Å². The molecule has 1 aliphatic rings. The maximum absolute atomic E-state index is 13.1. The minimum absolute atomic E-state index is 0.0615. The molecule has 1 aliphatic heterocycles. The molecule has 1 aromatic heterocycles. The third-order valence-corrected chi connectivity index (χ3v) is 7.86. The van der Waals surface area contributed by atoms with Crippen molar-refractivity contribution in [1.82, 2.24) is 14.2 Å². The molecule has 1 saturated heterocycles. The first kappa shape index (κ1) is 24.9. The number of ketones is 2. The normalized spacial score (nSPS) is 15.4. The number of carbonyl (C=O) groups excluding carboxylic acids is 2. The van der Waals surface area contributed by atoms with Crippen LogP contribution in [0, 0.1) is 6.92 Å². The first-order valence-corrected chi connectivity index (χ1v) is 12.3. The van der Waals surface area contributed by atoms with E-state index < -0.39 is 10.0 Å². The maximum atomic E-state index is 13.1. The summed E-state index contributed by atoms with van der Waals surface area (Å²) in [6.45, 7) is 6.78. The Hall–Kier alpha value is -2.69. The number of carbonyl (C=O) groups is 2. The number of nitrogens with one attached hydrogen (secondary N) is 1. The van der Waals surface area contributed by atoms with Gasteiger partial charge in [-0.1, -0.05) is 6.92 Å². The van der Waals surface area contributed by atoms with Crippen molar-refractivity contribution in [1.29, 1.82) is 0 Å². The lowest BCUT2D eigenvalue weighted by Crippen LogP contribution is -2.49. The first-order valence-electron chi connectivity index (χ1n) is 10.8. The maximum Gasteiger partial charge on any atom is 0.243 e. The summed E-state index contributed by atoms with van der Waals surface area (Å²) in [4.78, 5) is 30.1. The zero-order chi connectivity index (χ0) is 24.3. The van der Waals surface area contributed by atoms with Crippen LogP contribution in [0.25, 0.3) is 0 Å². The fourth-order valence-electron chi connectivity index (χ4n) is 4.28. The Kier molecular flexibility index (Phi) is 7.61. The Morgan fingerprint density at radius 1 is 1.06 bits per heavy atom. The van der Waals surface area contributed by atoms with E-state index in [-0.39, 0.29) is 36.1 Å². The van der Waals surface area contributed by atoms with Crippen molar-refractivity contribution in [3.8, 4) is 11.5 Å². The van der Waals surface area contributed by atoms with Crippen molar-refractivity contribution in [2.45, 2.75) is 32.1 Å². The van der Waals surface area contributed by atoms with Gasteiger partial charge in [0.2, 0.25) is 10.0 Å². The summed E-state index contributed by atoms with van der Waals surface area (Å²) in [7, 11) is -0.755. The predicted octanol–water partition coefficient (Wildman–Crippen LogP) is 2.29. The van der Waals surface area contributed by atoms with Crippen LogP contribution >= 0.6 is 0 Å². The summed E-state index contributed by atoms with van der Waals surface area (Å²) in [5.74, 6) is 0.645. The molecule has 0 radical (unpaired) electrons. The van der Waals surface area contributed by atoms with E-state index >= 15 is 0 Å². The Morgan fingerprint density at radius 2 is 1.70 bits per heavy atom. The van der Waals surface area contributed by atoms with Gasteiger partial charge in [-0.25, -0.2) is 8.42 Å². The van der Waals surface area contributed by atoms with E-state index in [2.05, 4.69) is 4.98 Å². The van der Waals surface area contributed by atoms with Crippen molar-refractivity contribution in [3.05, 3.63) is 40.7 Å². The SMILES string of the molecule is CCc1c(C(=O)CN2CCN(S(=O)(=O)c3ccc(OC)c(OC)c3)CC2)[nH]c(C)c1C(C)=O. The van der Waals surface area contributed by atoms with Gasteiger partial charge in [0.25, 0.3) is 0 Å². The summed E-state index contributed by atoms with van der Waals surface area (Å²) in [6, 6.07) is 4.52. The summed E-state index contributed by atoms with van der Waals surface area (Å²) in [5.41, 5.74) is 2.51. The fraction of sp³-hybridized carbons (Fsp3) is 0.478. The average molecular weight is 478 g/mol. The molecular formula is C23H31N3O6S. The molecule has 2 heterocycles. The second kappa shape index (κ2) is 10.1. The molecule has 1 fully saturated rings. The van der Waals surface area contributed by atoms with Crippen LogP contribution in [0.15, 0.2) is 23.1 Å². The minimum atomic E-state index is -3.70. The van der Waals surface area contributed by atoms with Gasteiger partial charge in [-0.15, -0.1) is 0 Å². The largest absolute Gasteiger partial charge is 0.493 e. The molecule has 1 N–H and O–H groups in total. The Labute approximate surface area is 194 Å². The summed E-state index contributed by atoms with van der Waals surface area (Å²) in [5, 5.41) is 0. The second-order valence-electron chi connectivity index (χ2n) is 8.01. The molecule has 0 saturated carbocycles. The lowest BCUT2D eigenvalue weighted by Gasteiger charge is -2.33. The van der Waals surface area contributed by atoms with Crippen molar-refractivity contribution in [3.63, 3.8) is 0 Å². The number of ether oxygens (including phenoxy) is 2. The fourth-order valence-corrected chi connectivity index (χ4v) is 5.72. The van der Waals surface area contributed by atoms with Gasteiger partial charge in [-0.3, -0.25) is 14.5 Å². The van der Waals surface area contributed by atoms with Crippen LogP contribution < -0.4 is 9.47 Å². The number of piperazine rings is 1. The molecule has 2 aromatic rings. The van der Waals surface area contributed by atoms with Crippen LogP contribution in [-0.2, 0) is 16.4 Å². The molecule has 0 amide bonds. The summed E-state index contributed by atoms with van der Waals surface area (Å²) < 4.78 is 38.0. The number of aromatic amines is 1. The number of hydrogen-bond donors (Lipinski definition) is 1. The van der Waals surface area contributed by atoms with Gasteiger partial charge < -0.3 is 14.5 Å². The Morgan fingerprint density at radius 3 is 2.24 bits per heavy atom. The van der Waals surface area contributed by atoms with E-state index in [0.717, 1.165) is 5.56 Å². The van der Waals surface area contributed by atoms with Crippen LogP contribution in [0.1, 0.15) is 46.0 Å². The average Bonchev–Trinajstić information content (AvgIpc) is 3.15. The van der Waals surface area contributed by atoms with Gasteiger partial charge in [0, 0.05) is 43.5 Å². The molecule has 10 heteroatoms. The number of rotatable bonds is 9. The van der Waals surface area contributed by atoms with Gasteiger partial charge in [0.05, 0.1) is 31.4 Å². The van der Waals surface area contributed by atoms with Gasteiger partial charge in [0.1, 0.15) is 0 Å². The van der Waals surface area contributed by atoms with E-state index in [0.29, 0.717) is 48.0 Å². The number of aryl methyl sites for hydroxylation is 1. The van der Waals surface area contributed by atoms with Crippen molar-refractivity contribution in [2.24, 2.45) is 0 Å². The molecule has 9 nitrogen and oxygen atoms in total. The third kappa shape index (κ3) is 4.97. The first-order chi connectivity index (χ1) is 15.6. The van der Waals surface area contributed by atoms with Crippen molar-refractivity contribution in [2.75, 3.05) is 46.9 Å². The highest BCUT2D eigenvalue weighted by molar-refractivity contribution is 7.89. The molecule has 0 unspecified atom stereocenters. The topological polar surface area (TPSA) is 109 Å². The molecule has 180 valence electrons. The van der Waals surface area contributed by atoms with Crippen LogP contribution in [-0.4, -0.2) is 81.1 Å². The summed E-state index contributed by atoms with van der Waals surface area (Å²) >= 11 is 0. The van der Waals surface area contributed by atoms with E-state index in [1.807, 2.05) is 11.8 Å². The number of sulfonamides is 1. The lowest BCUT2D eigenvalue weighted by atomic mass is 10.0. The highest BCUT2D eigenvalue weighted by Crippen LogP contribution is 2.31. The second-order valence-corrected chi connectivity index (χ2v) is 9.95. The molecule has 3 rings (SSSR count). The molecule has 0 spiro atoms. The lowest BCUT2D eigenvalue weighted by molar-refractivity contribution is 0.0896. The van der Waals surface area contributed by atoms with E-state index in [4.69, 9.17) is 9.47 Å². The number of methoxy groups -OCH3 is 2. The van der Waals surface area contributed by atoms with Gasteiger partial charge in [-0.2, -0.15) is 4.31 Å². The van der Waals surface area contributed by atoms with Gasteiger partial charge in [-0.05, 0) is 38.0 Å². The van der Waals surface area contributed by atoms with Crippen LogP contribution in [0.5, 0.6) is 11.5 Å². The van der Waals surface area contributed by atoms with Crippen molar-refractivity contribution < 1.29 is 27.5 Å². The molecule has 0 bridgehead atoms. The third-order valence-electron chi connectivity index (χ3n) is 5.97. The minimum Gasteiger partial charge on any atom is -0.493 e. The monoisotopic (exact) mass is 477 g/mol. The smallest absolute Gasteiger partial charge is 0.243 e. The number of nitrogens with zero attached hydrogens (tertiary/aromatic N) is 2. The molecule has 0 aliphatic carbocycles. The molecule has 33 heavy (non-hydrogen) atoms. The van der Waals surface area contributed by atoms with E-state index in [9.17, 15) is 18.0 Å². The van der Waals surface area contributed by atoms with Crippen LogP contribution in [0.4, 0.5) is 0 Å². The molecular weight excluding hydrogens is 446 g/mol. The predicted molar refractivity (Wildman–Crippen MR) is 124 cm³/mol. The summed E-state index contributed by atoms with van der Waals surface area (Å²) in [6.07, 6.45) is 0.581. The van der Waals surface area contributed by atoms with Gasteiger partial charge >= 0.3 is 0 Å². The van der Waals surface area contributed by atoms with E-state index in [1.54, 1.807) is 13.0 Å². The van der Waals surface area contributed by atoms with Gasteiger partial charge in [0.15, 0.2) is 23.1 Å².